The average molecular weight is 326 g/mol. The Morgan fingerprint density at radius 3 is 2.68 bits per heavy atom. The summed E-state index contributed by atoms with van der Waals surface area (Å²) in [4.78, 5) is 14.0. The van der Waals surface area contributed by atoms with Crippen molar-refractivity contribution in [1.82, 2.24) is 9.21 Å². The van der Waals surface area contributed by atoms with Crippen LogP contribution in [0.2, 0.25) is 0 Å². The molecule has 0 spiro atoms. The van der Waals surface area contributed by atoms with E-state index in [2.05, 4.69) is 0 Å². The van der Waals surface area contributed by atoms with Crippen LogP contribution in [0.5, 0.6) is 5.75 Å². The molecule has 1 atom stereocenters. The molecule has 1 aliphatic heterocycles. The van der Waals surface area contributed by atoms with Crippen molar-refractivity contribution in [2.24, 2.45) is 0 Å². The number of para-hydroxylation sites is 1. The predicted octanol–water partition coefficient (Wildman–Crippen LogP) is 0.948. The Morgan fingerprint density at radius 2 is 2.05 bits per heavy atom. The van der Waals surface area contributed by atoms with Gasteiger partial charge in [0.05, 0.1) is 18.8 Å². The number of benzene rings is 1. The number of amides is 1. The summed E-state index contributed by atoms with van der Waals surface area (Å²) >= 11 is 0. The van der Waals surface area contributed by atoms with E-state index < -0.39 is 10.0 Å². The molecule has 1 aliphatic rings. The Labute approximate surface area is 131 Å². The first-order valence-corrected chi connectivity index (χ1v) is 9.11. The molecule has 1 aromatic carbocycles. The smallest absolute Gasteiger partial charge is 0.238 e. The fourth-order valence-electron chi connectivity index (χ4n) is 2.45. The molecule has 1 fully saturated rings. The summed E-state index contributed by atoms with van der Waals surface area (Å²) in [6.07, 6.45) is 2.89. The summed E-state index contributed by atoms with van der Waals surface area (Å²) < 4.78 is 29.6. The lowest BCUT2D eigenvalue weighted by Crippen LogP contribution is -2.44. The number of hydrogen-bond donors (Lipinski definition) is 0. The molecule has 0 radical (unpaired) electrons. The number of hydrogen-bond acceptors (Lipinski definition) is 4. The second-order valence-electron chi connectivity index (χ2n) is 5.53. The highest BCUT2D eigenvalue weighted by Gasteiger charge is 2.30. The van der Waals surface area contributed by atoms with Crippen LogP contribution in [0.4, 0.5) is 0 Å². The van der Waals surface area contributed by atoms with Crippen molar-refractivity contribution < 1.29 is 17.9 Å². The fraction of sp³-hybridized carbons (Fsp3) is 0.533. The van der Waals surface area contributed by atoms with Gasteiger partial charge in [-0.2, -0.15) is 4.31 Å². The third-order valence-corrected chi connectivity index (χ3v) is 5.07. The summed E-state index contributed by atoms with van der Waals surface area (Å²) in [6.45, 7) is 0.957. The molecule has 0 bridgehead atoms. The molecule has 1 amide bonds. The quantitative estimate of drug-likeness (QED) is 0.780. The number of sulfonamides is 1. The highest BCUT2D eigenvalue weighted by atomic mass is 32.2. The standard InChI is InChI=1S/C15H22N2O4S/c1-16(22(2,19)20)11-15(18)17-10-6-7-13(17)12-21-14-8-4-3-5-9-14/h3-5,8-9,13H,6-7,10-12H2,1-2H3/t13-/m0/s1. The summed E-state index contributed by atoms with van der Waals surface area (Å²) in [5.74, 6) is 0.599. The Bertz CT molecular complexity index is 603. The summed E-state index contributed by atoms with van der Waals surface area (Å²) in [7, 11) is -1.93. The van der Waals surface area contributed by atoms with Crippen LogP contribution < -0.4 is 4.74 Å². The summed E-state index contributed by atoms with van der Waals surface area (Å²) in [5, 5.41) is 0. The Morgan fingerprint density at radius 1 is 1.36 bits per heavy atom. The topological polar surface area (TPSA) is 66.9 Å². The first-order chi connectivity index (χ1) is 10.4. The zero-order chi connectivity index (χ0) is 16.2. The molecule has 1 aromatic rings. The third kappa shape index (κ3) is 4.45. The molecular formula is C15H22N2O4S. The van der Waals surface area contributed by atoms with Crippen LogP contribution >= 0.6 is 0 Å². The van der Waals surface area contributed by atoms with Gasteiger partial charge in [0.1, 0.15) is 12.4 Å². The van der Waals surface area contributed by atoms with Gasteiger partial charge in [0.15, 0.2) is 0 Å². The van der Waals surface area contributed by atoms with Gasteiger partial charge in [-0.1, -0.05) is 18.2 Å². The lowest BCUT2D eigenvalue weighted by atomic mass is 10.2. The number of carbonyl (C=O) groups is 1. The van der Waals surface area contributed by atoms with Crippen molar-refractivity contribution in [3.8, 4) is 5.75 Å². The van der Waals surface area contributed by atoms with Gasteiger partial charge in [-0.3, -0.25) is 4.79 Å². The minimum absolute atomic E-state index is 0.000617. The van der Waals surface area contributed by atoms with Crippen molar-refractivity contribution in [1.29, 1.82) is 0 Å². The van der Waals surface area contributed by atoms with Crippen molar-refractivity contribution in [2.45, 2.75) is 18.9 Å². The molecule has 0 aromatic heterocycles. The molecule has 7 heteroatoms. The zero-order valence-electron chi connectivity index (χ0n) is 12.9. The molecule has 0 aliphatic carbocycles. The first kappa shape index (κ1) is 16.8. The second kappa shape index (κ2) is 7.11. The van der Waals surface area contributed by atoms with Crippen molar-refractivity contribution >= 4 is 15.9 Å². The highest BCUT2D eigenvalue weighted by molar-refractivity contribution is 7.88. The Balaban J connectivity index is 1.91. The molecule has 0 N–H and O–H groups in total. The molecule has 0 saturated carbocycles. The Kier molecular flexibility index (Phi) is 5.42. The maximum Gasteiger partial charge on any atom is 0.238 e. The van der Waals surface area contributed by atoms with Gasteiger partial charge in [-0.25, -0.2) is 8.42 Å². The van der Waals surface area contributed by atoms with E-state index >= 15 is 0 Å². The second-order valence-corrected chi connectivity index (χ2v) is 7.62. The molecule has 6 nitrogen and oxygen atoms in total. The maximum absolute atomic E-state index is 12.3. The van der Waals surface area contributed by atoms with Crippen LogP contribution in [-0.2, 0) is 14.8 Å². The minimum atomic E-state index is -3.35. The number of likely N-dealkylation sites (N-methyl/N-ethyl adjacent to an activating group) is 1. The van der Waals surface area contributed by atoms with Crippen LogP contribution in [0.25, 0.3) is 0 Å². The SMILES string of the molecule is CN(CC(=O)N1CCC[C@H]1COc1ccccc1)S(C)(=O)=O. The first-order valence-electron chi connectivity index (χ1n) is 7.26. The van der Waals surface area contributed by atoms with Crippen LogP contribution in [0.3, 0.4) is 0 Å². The number of carbonyl (C=O) groups excluding carboxylic acids is 1. The van der Waals surface area contributed by atoms with Gasteiger partial charge in [0, 0.05) is 13.6 Å². The van der Waals surface area contributed by atoms with Gasteiger partial charge in [0.25, 0.3) is 0 Å². The van der Waals surface area contributed by atoms with Crippen molar-refractivity contribution in [3.05, 3.63) is 30.3 Å². The van der Waals surface area contributed by atoms with E-state index in [1.165, 1.54) is 7.05 Å². The maximum atomic E-state index is 12.3. The van der Waals surface area contributed by atoms with Gasteiger partial charge in [0.2, 0.25) is 15.9 Å². The van der Waals surface area contributed by atoms with E-state index in [0.29, 0.717) is 13.2 Å². The molecule has 122 valence electrons. The number of rotatable bonds is 6. The number of nitrogens with zero attached hydrogens (tertiary/aromatic N) is 2. The average Bonchev–Trinajstić information content (AvgIpc) is 2.93. The zero-order valence-corrected chi connectivity index (χ0v) is 13.8. The number of ether oxygens (including phenoxy) is 1. The van der Waals surface area contributed by atoms with Crippen LogP contribution in [0, 0.1) is 0 Å². The van der Waals surface area contributed by atoms with E-state index in [1.807, 2.05) is 30.3 Å². The van der Waals surface area contributed by atoms with E-state index in [9.17, 15) is 13.2 Å². The normalized spacial score (nSPS) is 18.7. The van der Waals surface area contributed by atoms with Gasteiger partial charge >= 0.3 is 0 Å². The van der Waals surface area contributed by atoms with Gasteiger partial charge in [-0.15, -0.1) is 0 Å². The largest absolute Gasteiger partial charge is 0.491 e. The predicted molar refractivity (Wildman–Crippen MR) is 84.1 cm³/mol. The molecule has 1 saturated heterocycles. The summed E-state index contributed by atoms with van der Waals surface area (Å²) in [6, 6.07) is 9.46. The lowest BCUT2D eigenvalue weighted by Gasteiger charge is -2.26. The Hall–Kier alpha value is -1.60. The van der Waals surface area contributed by atoms with E-state index in [-0.39, 0.29) is 18.5 Å². The molecule has 22 heavy (non-hydrogen) atoms. The molecule has 1 heterocycles. The monoisotopic (exact) mass is 326 g/mol. The van der Waals surface area contributed by atoms with E-state index in [4.69, 9.17) is 4.74 Å². The van der Waals surface area contributed by atoms with Crippen molar-refractivity contribution in [3.63, 3.8) is 0 Å². The molecular weight excluding hydrogens is 304 g/mol. The molecule has 2 rings (SSSR count). The minimum Gasteiger partial charge on any atom is -0.491 e. The lowest BCUT2D eigenvalue weighted by molar-refractivity contribution is -0.132. The van der Waals surface area contributed by atoms with Crippen LogP contribution in [0.15, 0.2) is 30.3 Å². The fourth-order valence-corrected chi connectivity index (χ4v) is 2.79. The molecule has 0 unspecified atom stereocenters. The highest BCUT2D eigenvalue weighted by Crippen LogP contribution is 2.19. The third-order valence-electron chi connectivity index (χ3n) is 3.81. The van der Waals surface area contributed by atoms with E-state index in [1.54, 1.807) is 4.90 Å². The number of likely N-dealkylation sites (tertiary alicyclic amines) is 1. The summed E-state index contributed by atoms with van der Waals surface area (Å²) in [5.41, 5.74) is 0. The van der Waals surface area contributed by atoms with Crippen LogP contribution in [0.1, 0.15) is 12.8 Å². The van der Waals surface area contributed by atoms with Gasteiger partial charge in [-0.05, 0) is 25.0 Å². The van der Waals surface area contributed by atoms with Crippen LogP contribution in [-0.4, -0.2) is 62.6 Å². The van der Waals surface area contributed by atoms with E-state index in [0.717, 1.165) is 29.2 Å². The van der Waals surface area contributed by atoms with Gasteiger partial charge < -0.3 is 9.64 Å². The van der Waals surface area contributed by atoms with Crippen molar-refractivity contribution in [2.75, 3.05) is 33.0 Å².